The summed E-state index contributed by atoms with van der Waals surface area (Å²) < 4.78 is 17.1. The zero-order valence-electron chi connectivity index (χ0n) is 15.9. The van der Waals surface area contributed by atoms with Gasteiger partial charge in [-0.05, 0) is 49.2 Å². The topological polar surface area (TPSA) is 101 Å². The van der Waals surface area contributed by atoms with Crippen molar-refractivity contribution < 1.29 is 9.00 Å². The first-order valence-corrected chi connectivity index (χ1v) is 10.7. The van der Waals surface area contributed by atoms with Crippen LogP contribution in [0.25, 0.3) is 16.9 Å². The van der Waals surface area contributed by atoms with Crippen molar-refractivity contribution in [2.24, 2.45) is 5.92 Å². The molecule has 0 spiro atoms. The van der Waals surface area contributed by atoms with E-state index in [4.69, 9.17) is 0 Å². The van der Waals surface area contributed by atoms with Gasteiger partial charge in [-0.3, -0.25) is 15.1 Å². The number of carbonyl (C=O) groups excluding carboxylic acids is 1. The second kappa shape index (κ2) is 7.68. The summed E-state index contributed by atoms with van der Waals surface area (Å²) in [5.41, 5.74) is 3.14. The quantitative estimate of drug-likeness (QED) is 0.500. The lowest BCUT2D eigenvalue weighted by Gasteiger charge is -2.08. The van der Waals surface area contributed by atoms with Crippen LogP contribution in [0, 0.1) is 5.92 Å². The third-order valence-corrected chi connectivity index (χ3v) is 5.87. The molecule has 0 aliphatic heterocycles. The highest BCUT2D eigenvalue weighted by atomic mass is 32.2. The summed E-state index contributed by atoms with van der Waals surface area (Å²) in [5.74, 6) is 0.377. The van der Waals surface area contributed by atoms with E-state index in [0.29, 0.717) is 16.5 Å². The zero-order valence-corrected chi connectivity index (χ0v) is 16.7. The molecular weight excluding hydrogens is 400 g/mol. The lowest BCUT2D eigenvalue weighted by Crippen LogP contribution is -2.14. The Kier molecular flexibility index (Phi) is 4.72. The second-order valence-electron chi connectivity index (χ2n) is 7.02. The Labute approximate surface area is 175 Å². The van der Waals surface area contributed by atoms with Gasteiger partial charge in [0.1, 0.15) is 0 Å². The van der Waals surface area contributed by atoms with Crippen LogP contribution in [-0.4, -0.2) is 29.7 Å². The van der Waals surface area contributed by atoms with Crippen molar-refractivity contribution in [2.75, 3.05) is 10.0 Å². The molecule has 0 radical (unpaired) electrons. The zero-order chi connectivity index (χ0) is 20.5. The van der Waals surface area contributed by atoms with Crippen LogP contribution in [0.2, 0.25) is 0 Å². The highest BCUT2D eigenvalue weighted by Gasteiger charge is 2.30. The van der Waals surface area contributed by atoms with E-state index in [2.05, 4.69) is 25.1 Å². The van der Waals surface area contributed by atoms with Crippen LogP contribution < -0.4 is 10.0 Å². The molecule has 1 atom stereocenters. The van der Waals surface area contributed by atoms with Gasteiger partial charge in [0, 0.05) is 29.6 Å². The number of anilines is 2. The summed E-state index contributed by atoms with van der Waals surface area (Å²) in [4.78, 5) is 21.0. The molecule has 1 aliphatic rings. The first-order chi connectivity index (χ1) is 14.7. The third kappa shape index (κ3) is 3.79. The van der Waals surface area contributed by atoms with Crippen molar-refractivity contribution in [3.63, 3.8) is 0 Å². The molecule has 5 rings (SSSR count). The van der Waals surface area contributed by atoms with E-state index in [1.54, 1.807) is 29.0 Å². The molecule has 4 aromatic rings. The number of pyridine rings is 2. The van der Waals surface area contributed by atoms with Crippen LogP contribution in [0.4, 0.5) is 11.6 Å². The number of benzene rings is 1. The predicted octanol–water partition coefficient (Wildman–Crippen LogP) is 3.27. The molecule has 0 saturated heterocycles. The highest BCUT2D eigenvalue weighted by Crippen LogP contribution is 2.30. The van der Waals surface area contributed by atoms with Gasteiger partial charge in [0.15, 0.2) is 16.6 Å². The fourth-order valence-corrected chi connectivity index (χ4v) is 3.89. The number of nitrogens with one attached hydrogen (secondary N) is 2. The number of rotatable bonds is 6. The summed E-state index contributed by atoms with van der Waals surface area (Å²) in [6.45, 7) is 0. The summed E-state index contributed by atoms with van der Waals surface area (Å²) in [7, 11) is -1.39. The van der Waals surface area contributed by atoms with Crippen molar-refractivity contribution in [2.45, 2.75) is 17.7 Å². The first-order valence-electron chi connectivity index (χ1n) is 9.53. The van der Waals surface area contributed by atoms with Gasteiger partial charge in [0.05, 0.1) is 10.6 Å². The normalized spacial score (nSPS) is 14.4. The number of hydrogen-bond donors (Lipinski definition) is 2. The smallest absolute Gasteiger partial charge is 0.249 e. The Morgan fingerprint density at radius 1 is 1.07 bits per heavy atom. The average molecular weight is 418 g/mol. The maximum atomic E-state index is 12.4. The second-order valence-corrected chi connectivity index (χ2v) is 8.23. The molecule has 1 aromatic carbocycles. The molecule has 0 bridgehead atoms. The molecule has 30 heavy (non-hydrogen) atoms. The van der Waals surface area contributed by atoms with Gasteiger partial charge >= 0.3 is 0 Å². The van der Waals surface area contributed by atoms with Gasteiger partial charge in [-0.1, -0.05) is 18.2 Å². The van der Waals surface area contributed by atoms with Crippen LogP contribution in [-0.2, 0) is 15.8 Å². The maximum absolute atomic E-state index is 12.4. The van der Waals surface area contributed by atoms with Crippen molar-refractivity contribution in [3.8, 4) is 11.3 Å². The fourth-order valence-electron chi connectivity index (χ4n) is 3.07. The summed E-state index contributed by atoms with van der Waals surface area (Å²) >= 11 is 0. The molecule has 9 heteroatoms. The summed E-state index contributed by atoms with van der Waals surface area (Å²) in [6.07, 6.45) is 5.07. The van der Waals surface area contributed by atoms with Gasteiger partial charge in [-0.2, -0.15) is 4.98 Å². The maximum Gasteiger partial charge on any atom is 0.249 e. The van der Waals surface area contributed by atoms with Gasteiger partial charge in [-0.25, -0.2) is 8.72 Å². The van der Waals surface area contributed by atoms with Crippen LogP contribution in [0.15, 0.2) is 71.9 Å². The minimum Gasteiger partial charge on any atom is -0.301 e. The van der Waals surface area contributed by atoms with E-state index in [1.165, 1.54) is 0 Å². The Morgan fingerprint density at radius 3 is 2.63 bits per heavy atom. The molecule has 3 aromatic heterocycles. The lowest BCUT2D eigenvalue weighted by molar-refractivity contribution is -0.117. The third-order valence-electron chi connectivity index (χ3n) is 4.78. The van der Waals surface area contributed by atoms with E-state index >= 15 is 0 Å². The molecule has 1 unspecified atom stereocenters. The Bertz CT molecular complexity index is 1240. The van der Waals surface area contributed by atoms with E-state index in [9.17, 15) is 9.00 Å². The highest BCUT2D eigenvalue weighted by molar-refractivity contribution is 7.86. The molecule has 1 fully saturated rings. The number of hydrogen-bond acceptors (Lipinski definition) is 5. The van der Waals surface area contributed by atoms with Crippen molar-refractivity contribution in [1.29, 1.82) is 0 Å². The van der Waals surface area contributed by atoms with Crippen LogP contribution in [0.5, 0.6) is 0 Å². The van der Waals surface area contributed by atoms with E-state index < -0.39 is 11.0 Å². The Hall–Kier alpha value is -3.59. The Balaban J connectivity index is 1.37. The van der Waals surface area contributed by atoms with E-state index in [1.807, 2.05) is 42.5 Å². The monoisotopic (exact) mass is 418 g/mol. The van der Waals surface area contributed by atoms with Crippen molar-refractivity contribution in [1.82, 2.24) is 19.6 Å². The van der Waals surface area contributed by atoms with Crippen LogP contribution in [0.1, 0.15) is 12.8 Å². The molecule has 3 heterocycles. The number of aromatic nitrogens is 4. The van der Waals surface area contributed by atoms with Crippen molar-refractivity contribution >= 4 is 34.2 Å². The number of fused-ring (bicyclic) bond motifs is 1. The fraction of sp³-hybridized carbons (Fsp3) is 0.143. The van der Waals surface area contributed by atoms with Crippen LogP contribution in [0.3, 0.4) is 0 Å². The minimum atomic E-state index is -1.39. The summed E-state index contributed by atoms with van der Waals surface area (Å²) in [5, 5.41) is 7.24. The lowest BCUT2D eigenvalue weighted by atomic mass is 10.1. The van der Waals surface area contributed by atoms with E-state index in [0.717, 1.165) is 29.8 Å². The minimum absolute atomic E-state index is 0.0236. The summed E-state index contributed by atoms with van der Waals surface area (Å²) in [6, 6.07) is 16.7. The molecule has 8 nitrogen and oxygen atoms in total. The molecule has 1 amide bonds. The predicted molar refractivity (Wildman–Crippen MR) is 114 cm³/mol. The molecule has 1 aliphatic carbocycles. The molecule has 150 valence electrons. The standard InChI is InChI=1S/C21H18N6O2S/c28-20(15-6-7-15)24-21-23-19-5-1-4-18(27(19)25-21)14-8-10-16(11-9-14)26-30(29)17-3-2-12-22-13-17/h1-5,8-13,15,26H,6-7H2,(H,24,25,28). The molecule has 2 N–H and O–H groups in total. The average Bonchev–Trinajstić information content (AvgIpc) is 3.55. The van der Waals surface area contributed by atoms with Gasteiger partial charge in [-0.15, -0.1) is 5.10 Å². The first kappa shape index (κ1) is 18.4. The largest absolute Gasteiger partial charge is 0.301 e. The number of carbonyl (C=O) groups is 1. The van der Waals surface area contributed by atoms with Crippen molar-refractivity contribution in [3.05, 3.63) is 67.0 Å². The van der Waals surface area contributed by atoms with Gasteiger partial charge < -0.3 is 4.72 Å². The Morgan fingerprint density at radius 2 is 1.90 bits per heavy atom. The van der Waals surface area contributed by atoms with Crippen LogP contribution >= 0.6 is 0 Å². The van der Waals surface area contributed by atoms with E-state index in [-0.39, 0.29) is 11.8 Å². The number of nitrogens with zero attached hydrogens (tertiary/aromatic N) is 4. The SMILES string of the molecule is O=C(Nc1nc2cccc(-c3ccc(NS(=O)c4cccnc4)cc3)n2n1)C1CC1. The van der Waals surface area contributed by atoms with Gasteiger partial charge in [0.25, 0.3) is 0 Å². The molecular formula is C21H18N6O2S. The number of amides is 1. The van der Waals surface area contributed by atoms with Gasteiger partial charge in [0.2, 0.25) is 11.9 Å². The molecule has 1 saturated carbocycles.